The van der Waals surface area contributed by atoms with Crippen molar-refractivity contribution in [1.29, 1.82) is 0 Å². The molecule has 0 spiro atoms. The first-order valence-electron chi connectivity index (χ1n) is 5.69. The zero-order valence-electron chi connectivity index (χ0n) is 11.2. The molecule has 7 nitrogen and oxygen atoms in total. The molecule has 0 atom stereocenters. The molecule has 0 aliphatic rings. The Morgan fingerprint density at radius 1 is 1.47 bits per heavy atom. The van der Waals surface area contributed by atoms with Gasteiger partial charge in [-0.3, -0.25) is 0 Å². The van der Waals surface area contributed by atoms with Crippen LogP contribution in [0.5, 0.6) is 0 Å². The van der Waals surface area contributed by atoms with Crippen LogP contribution in [0.2, 0.25) is 0 Å². The number of esters is 1. The van der Waals surface area contributed by atoms with Crippen LogP contribution in [0.3, 0.4) is 0 Å². The fourth-order valence-corrected chi connectivity index (χ4v) is 1.36. The van der Waals surface area contributed by atoms with Crippen LogP contribution in [0.1, 0.15) is 42.5 Å². The van der Waals surface area contributed by atoms with Crippen molar-refractivity contribution in [2.75, 3.05) is 0 Å². The Morgan fingerprint density at radius 3 is 2.58 bits per heavy atom. The first-order chi connectivity index (χ1) is 8.78. The standard InChI is InChI=1S/C12H18N4O3/c1-12(2,3)19-11(17)9-8(10(14)16-18)5-4-7(6-13)15-9/h4-5,18H,6,13H2,1-3H3,(H2,14,16). The lowest BCUT2D eigenvalue weighted by Crippen LogP contribution is -2.27. The van der Waals surface area contributed by atoms with Crippen LogP contribution in [-0.2, 0) is 11.3 Å². The monoisotopic (exact) mass is 266 g/mol. The molecule has 0 aliphatic heterocycles. The van der Waals surface area contributed by atoms with Gasteiger partial charge in [0.1, 0.15) is 5.60 Å². The van der Waals surface area contributed by atoms with Gasteiger partial charge in [-0.1, -0.05) is 5.16 Å². The normalized spacial score (nSPS) is 12.3. The average molecular weight is 266 g/mol. The summed E-state index contributed by atoms with van der Waals surface area (Å²) in [5, 5.41) is 11.6. The summed E-state index contributed by atoms with van der Waals surface area (Å²) in [6, 6.07) is 3.12. The topological polar surface area (TPSA) is 124 Å². The molecule has 0 bridgehead atoms. The van der Waals surface area contributed by atoms with E-state index in [-0.39, 0.29) is 23.6 Å². The van der Waals surface area contributed by atoms with Gasteiger partial charge in [0, 0.05) is 6.54 Å². The molecule has 0 saturated heterocycles. The summed E-state index contributed by atoms with van der Waals surface area (Å²) >= 11 is 0. The number of rotatable bonds is 3. The molecule has 0 radical (unpaired) electrons. The molecular formula is C12H18N4O3. The van der Waals surface area contributed by atoms with E-state index in [1.54, 1.807) is 26.8 Å². The molecule has 1 aromatic heterocycles. The Morgan fingerprint density at radius 2 is 2.11 bits per heavy atom. The number of oxime groups is 1. The minimum atomic E-state index is -0.667. The summed E-state index contributed by atoms with van der Waals surface area (Å²) in [4.78, 5) is 16.1. The summed E-state index contributed by atoms with van der Waals surface area (Å²) in [6.45, 7) is 5.38. The van der Waals surface area contributed by atoms with Crippen LogP contribution in [-0.4, -0.2) is 27.6 Å². The fraction of sp³-hybridized carbons (Fsp3) is 0.417. The maximum Gasteiger partial charge on any atom is 0.358 e. The van der Waals surface area contributed by atoms with Crippen LogP contribution in [0.25, 0.3) is 0 Å². The second-order valence-electron chi connectivity index (χ2n) is 4.89. The highest BCUT2D eigenvalue weighted by Crippen LogP contribution is 2.15. The largest absolute Gasteiger partial charge is 0.455 e. The molecule has 0 saturated carbocycles. The molecule has 0 unspecified atom stereocenters. The Balaban J connectivity index is 3.25. The third-order valence-corrected chi connectivity index (χ3v) is 2.14. The Kier molecular flexibility index (Phi) is 4.44. The molecule has 1 rings (SSSR count). The third-order valence-electron chi connectivity index (χ3n) is 2.14. The molecule has 0 amide bonds. The first kappa shape index (κ1) is 14.9. The summed E-state index contributed by atoms with van der Waals surface area (Å²) in [5.41, 5.74) is 11.0. The predicted octanol–water partition coefficient (Wildman–Crippen LogP) is 0.590. The van der Waals surface area contributed by atoms with E-state index in [0.29, 0.717) is 5.69 Å². The quantitative estimate of drug-likeness (QED) is 0.242. The summed E-state index contributed by atoms with van der Waals surface area (Å²) in [5.74, 6) is -0.860. The molecule has 1 heterocycles. The molecular weight excluding hydrogens is 248 g/mol. The van der Waals surface area contributed by atoms with Gasteiger partial charge in [0.25, 0.3) is 0 Å². The van der Waals surface area contributed by atoms with E-state index in [0.717, 1.165) is 0 Å². The number of aromatic nitrogens is 1. The minimum absolute atomic E-state index is 0.0202. The van der Waals surface area contributed by atoms with Crippen LogP contribution in [0.4, 0.5) is 0 Å². The number of hydrogen-bond acceptors (Lipinski definition) is 6. The van der Waals surface area contributed by atoms with Crippen molar-refractivity contribution < 1.29 is 14.7 Å². The fourth-order valence-electron chi connectivity index (χ4n) is 1.36. The first-order valence-corrected chi connectivity index (χ1v) is 5.69. The SMILES string of the molecule is CC(C)(C)OC(=O)c1nc(CN)ccc1/C(N)=N/O. The molecule has 7 heteroatoms. The van der Waals surface area contributed by atoms with Gasteiger partial charge in [-0.2, -0.15) is 0 Å². The van der Waals surface area contributed by atoms with Gasteiger partial charge in [-0.25, -0.2) is 9.78 Å². The zero-order valence-corrected chi connectivity index (χ0v) is 11.2. The molecule has 0 aliphatic carbocycles. The number of nitrogens with zero attached hydrogens (tertiary/aromatic N) is 2. The minimum Gasteiger partial charge on any atom is -0.455 e. The van der Waals surface area contributed by atoms with E-state index in [4.69, 9.17) is 21.4 Å². The van der Waals surface area contributed by atoms with Gasteiger partial charge in [0.15, 0.2) is 11.5 Å². The van der Waals surface area contributed by atoms with Crippen molar-refractivity contribution in [3.63, 3.8) is 0 Å². The maximum atomic E-state index is 12.1. The van der Waals surface area contributed by atoms with E-state index in [1.165, 1.54) is 6.07 Å². The van der Waals surface area contributed by atoms with Crippen molar-refractivity contribution in [1.82, 2.24) is 4.98 Å². The Hall–Kier alpha value is -2.15. The van der Waals surface area contributed by atoms with Crippen molar-refractivity contribution in [2.45, 2.75) is 32.9 Å². The highest BCUT2D eigenvalue weighted by molar-refractivity contribution is 6.05. The molecule has 19 heavy (non-hydrogen) atoms. The average Bonchev–Trinajstić information content (AvgIpc) is 2.35. The summed E-state index contributed by atoms with van der Waals surface area (Å²) in [7, 11) is 0. The second-order valence-corrected chi connectivity index (χ2v) is 4.89. The van der Waals surface area contributed by atoms with Gasteiger partial charge >= 0.3 is 5.97 Å². The molecule has 104 valence electrons. The van der Waals surface area contributed by atoms with Crippen LogP contribution in [0.15, 0.2) is 17.3 Å². The number of carbonyl (C=O) groups excluding carboxylic acids is 1. The van der Waals surface area contributed by atoms with Crippen LogP contribution in [0, 0.1) is 0 Å². The van der Waals surface area contributed by atoms with Gasteiger partial charge < -0.3 is 21.4 Å². The lowest BCUT2D eigenvalue weighted by molar-refractivity contribution is 0.00623. The second kappa shape index (κ2) is 5.66. The van der Waals surface area contributed by atoms with Crippen molar-refractivity contribution in [3.8, 4) is 0 Å². The summed E-state index contributed by atoms with van der Waals surface area (Å²) in [6.07, 6.45) is 0. The van der Waals surface area contributed by atoms with Gasteiger partial charge in [-0.15, -0.1) is 0 Å². The van der Waals surface area contributed by atoms with Crippen LogP contribution >= 0.6 is 0 Å². The molecule has 0 aromatic carbocycles. The third kappa shape index (κ3) is 3.92. The van der Waals surface area contributed by atoms with Crippen LogP contribution < -0.4 is 11.5 Å². The Labute approximate surface area is 111 Å². The highest BCUT2D eigenvalue weighted by atomic mass is 16.6. The number of nitrogens with two attached hydrogens (primary N) is 2. The van der Waals surface area contributed by atoms with E-state index >= 15 is 0 Å². The smallest absolute Gasteiger partial charge is 0.358 e. The Bertz CT molecular complexity index is 506. The number of amidine groups is 1. The van der Waals surface area contributed by atoms with Gasteiger partial charge in [-0.05, 0) is 32.9 Å². The maximum absolute atomic E-state index is 12.1. The lowest BCUT2D eigenvalue weighted by Gasteiger charge is -2.20. The molecule has 5 N–H and O–H groups in total. The van der Waals surface area contributed by atoms with E-state index in [2.05, 4.69) is 10.1 Å². The van der Waals surface area contributed by atoms with Crippen molar-refractivity contribution in [3.05, 3.63) is 29.1 Å². The van der Waals surface area contributed by atoms with E-state index in [9.17, 15) is 4.79 Å². The van der Waals surface area contributed by atoms with Crippen molar-refractivity contribution >= 4 is 11.8 Å². The number of ether oxygens (including phenoxy) is 1. The number of carbonyl (C=O) groups is 1. The van der Waals surface area contributed by atoms with E-state index < -0.39 is 11.6 Å². The number of pyridine rings is 1. The van der Waals surface area contributed by atoms with Gasteiger partial charge in [0.2, 0.25) is 0 Å². The van der Waals surface area contributed by atoms with E-state index in [1.807, 2.05) is 0 Å². The van der Waals surface area contributed by atoms with Crippen molar-refractivity contribution in [2.24, 2.45) is 16.6 Å². The highest BCUT2D eigenvalue weighted by Gasteiger charge is 2.23. The predicted molar refractivity (Wildman–Crippen MR) is 69.8 cm³/mol. The summed E-state index contributed by atoms with van der Waals surface area (Å²) < 4.78 is 5.22. The lowest BCUT2D eigenvalue weighted by atomic mass is 10.1. The zero-order chi connectivity index (χ0) is 14.6. The molecule has 0 fully saturated rings. The van der Waals surface area contributed by atoms with Gasteiger partial charge in [0.05, 0.1) is 11.3 Å². The number of hydrogen-bond donors (Lipinski definition) is 3. The molecule has 1 aromatic rings.